The van der Waals surface area contributed by atoms with Gasteiger partial charge in [-0.1, -0.05) is 19.1 Å². The van der Waals surface area contributed by atoms with Gasteiger partial charge in [0.15, 0.2) is 0 Å². The minimum Gasteiger partial charge on any atom is -0.353 e. The molecule has 0 spiro atoms. The highest BCUT2D eigenvalue weighted by Gasteiger charge is 2.34. The third-order valence-electron chi connectivity index (χ3n) is 5.14. The number of fused-ring (bicyclic) bond motifs is 2. The van der Waals surface area contributed by atoms with E-state index in [1.807, 2.05) is 6.92 Å². The van der Waals surface area contributed by atoms with Gasteiger partial charge in [-0.05, 0) is 49.3 Å². The predicted molar refractivity (Wildman–Crippen MR) is 85.6 cm³/mol. The van der Waals surface area contributed by atoms with Gasteiger partial charge in [-0.25, -0.2) is 0 Å². The van der Waals surface area contributed by atoms with Crippen LogP contribution in [0.25, 0.3) is 0 Å². The average Bonchev–Trinajstić information content (AvgIpc) is 2.85. The predicted octanol–water partition coefficient (Wildman–Crippen LogP) is 3.60. The smallest absolute Gasteiger partial charge is 0.353 e. The number of amides is 1. The van der Waals surface area contributed by atoms with Gasteiger partial charge >= 0.3 is 6.18 Å². The summed E-state index contributed by atoms with van der Waals surface area (Å²) in [6.07, 6.45) is 0.268. The topological polar surface area (TPSA) is 41.1 Å². The molecule has 132 valence electrons. The van der Waals surface area contributed by atoms with Gasteiger partial charge < -0.3 is 10.6 Å². The molecule has 2 bridgehead atoms. The Hall–Kier alpha value is -1.56. The summed E-state index contributed by atoms with van der Waals surface area (Å²) < 4.78 is 37.8. The Kier molecular flexibility index (Phi) is 4.85. The van der Waals surface area contributed by atoms with Crippen LogP contribution in [0.5, 0.6) is 0 Å². The summed E-state index contributed by atoms with van der Waals surface area (Å²) in [6.45, 7) is 1.87. The Labute approximate surface area is 140 Å². The average molecular weight is 340 g/mol. The molecule has 24 heavy (non-hydrogen) atoms. The number of piperidine rings is 1. The third kappa shape index (κ3) is 4.09. The molecule has 3 rings (SSSR count). The van der Waals surface area contributed by atoms with Crippen molar-refractivity contribution in [3.05, 3.63) is 35.4 Å². The van der Waals surface area contributed by atoms with Crippen molar-refractivity contribution in [2.24, 2.45) is 0 Å². The summed E-state index contributed by atoms with van der Waals surface area (Å²) in [6, 6.07) is 6.33. The van der Waals surface area contributed by atoms with E-state index in [0.717, 1.165) is 30.5 Å². The molecule has 3 nitrogen and oxygen atoms in total. The number of rotatable bonds is 4. The zero-order valence-electron chi connectivity index (χ0n) is 13.7. The standard InChI is InChI=1S/C18H23F3N2O/c1-11(12-2-4-13(5-3-12)18(19,20)21)8-17(24)23-16-9-14-6-7-15(10-16)22-14/h2-5,11,14-16,22H,6-10H2,1H3,(H,23,24). The SMILES string of the molecule is CC(CC(=O)NC1CC2CCC(C1)N2)c1ccc(C(F)(F)F)cc1. The number of alkyl halides is 3. The van der Waals surface area contributed by atoms with Crippen LogP contribution in [-0.2, 0) is 11.0 Å². The van der Waals surface area contributed by atoms with Crippen LogP contribution < -0.4 is 10.6 Å². The summed E-state index contributed by atoms with van der Waals surface area (Å²) in [5.74, 6) is -0.126. The Balaban J connectivity index is 1.52. The number of hydrogen-bond donors (Lipinski definition) is 2. The first-order chi connectivity index (χ1) is 11.3. The molecule has 0 radical (unpaired) electrons. The lowest BCUT2D eigenvalue weighted by molar-refractivity contribution is -0.137. The zero-order valence-corrected chi connectivity index (χ0v) is 13.7. The van der Waals surface area contributed by atoms with Gasteiger partial charge in [0.25, 0.3) is 0 Å². The molecule has 6 heteroatoms. The number of benzene rings is 1. The molecule has 1 aromatic carbocycles. The van der Waals surface area contributed by atoms with E-state index in [9.17, 15) is 18.0 Å². The second-order valence-corrected chi connectivity index (χ2v) is 7.10. The molecule has 2 aliphatic rings. The lowest BCUT2D eigenvalue weighted by Crippen LogP contribution is -2.48. The fraction of sp³-hybridized carbons (Fsp3) is 0.611. The van der Waals surface area contributed by atoms with Gasteiger partial charge in [0, 0.05) is 24.5 Å². The van der Waals surface area contributed by atoms with E-state index < -0.39 is 11.7 Å². The first-order valence-electron chi connectivity index (χ1n) is 8.54. The molecule has 2 fully saturated rings. The summed E-state index contributed by atoms with van der Waals surface area (Å²) >= 11 is 0. The second-order valence-electron chi connectivity index (χ2n) is 7.10. The summed E-state index contributed by atoms with van der Waals surface area (Å²) in [7, 11) is 0. The number of nitrogens with one attached hydrogen (secondary N) is 2. The van der Waals surface area contributed by atoms with Gasteiger partial charge in [0.1, 0.15) is 0 Å². The van der Waals surface area contributed by atoms with Crippen LogP contribution in [0, 0.1) is 0 Å². The maximum Gasteiger partial charge on any atom is 0.416 e. The minimum atomic E-state index is -4.33. The van der Waals surface area contributed by atoms with Crippen LogP contribution in [0.3, 0.4) is 0 Å². The Morgan fingerprint density at radius 3 is 2.33 bits per heavy atom. The van der Waals surface area contributed by atoms with Crippen molar-refractivity contribution >= 4 is 5.91 Å². The summed E-state index contributed by atoms with van der Waals surface area (Å²) in [5, 5.41) is 6.63. The molecule has 0 saturated carbocycles. The van der Waals surface area contributed by atoms with E-state index in [0.29, 0.717) is 18.5 Å². The van der Waals surface area contributed by atoms with E-state index >= 15 is 0 Å². The van der Waals surface area contributed by atoms with Crippen LogP contribution in [0.15, 0.2) is 24.3 Å². The van der Waals surface area contributed by atoms with Crippen molar-refractivity contribution < 1.29 is 18.0 Å². The molecular weight excluding hydrogens is 317 g/mol. The minimum absolute atomic E-state index is 0.0197. The van der Waals surface area contributed by atoms with Crippen LogP contribution >= 0.6 is 0 Å². The number of carbonyl (C=O) groups is 1. The molecule has 2 heterocycles. The van der Waals surface area contributed by atoms with Crippen molar-refractivity contribution in [1.29, 1.82) is 0 Å². The lowest BCUT2D eigenvalue weighted by Gasteiger charge is -2.30. The molecular formula is C18H23F3N2O. The highest BCUT2D eigenvalue weighted by atomic mass is 19.4. The van der Waals surface area contributed by atoms with Gasteiger partial charge in [0.05, 0.1) is 5.56 Å². The zero-order chi connectivity index (χ0) is 17.3. The molecule has 3 unspecified atom stereocenters. The number of hydrogen-bond acceptors (Lipinski definition) is 2. The summed E-state index contributed by atoms with van der Waals surface area (Å²) in [4.78, 5) is 12.2. The first-order valence-corrected chi connectivity index (χ1v) is 8.54. The highest BCUT2D eigenvalue weighted by molar-refractivity contribution is 5.77. The fourth-order valence-electron chi connectivity index (χ4n) is 3.86. The van der Waals surface area contributed by atoms with E-state index in [1.54, 1.807) is 0 Å². The first kappa shape index (κ1) is 17.3. The monoisotopic (exact) mass is 340 g/mol. The van der Waals surface area contributed by atoms with Crippen LogP contribution in [0.1, 0.15) is 56.1 Å². The quantitative estimate of drug-likeness (QED) is 0.879. The van der Waals surface area contributed by atoms with Crippen LogP contribution in [0.2, 0.25) is 0 Å². The van der Waals surface area contributed by atoms with Crippen LogP contribution in [0.4, 0.5) is 13.2 Å². The molecule has 2 N–H and O–H groups in total. The number of carbonyl (C=O) groups excluding carboxylic acids is 1. The second kappa shape index (κ2) is 6.75. The van der Waals surface area contributed by atoms with Gasteiger partial charge in [0.2, 0.25) is 5.91 Å². The van der Waals surface area contributed by atoms with Crippen molar-refractivity contribution in [3.8, 4) is 0 Å². The van der Waals surface area contributed by atoms with E-state index in [4.69, 9.17) is 0 Å². The van der Waals surface area contributed by atoms with Gasteiger partial charge in [-0.2, -0.15) is 13.2 Å². The summed E-state index contributed by atoms with van der Waals surface area (Å²) in [5.41, 5.74) is 0.0941. The maximum atomic E-state index is 12.6. The van der Waals surface area contributed by atoms with E-state index in [1.165, 1.54) is 25.0 Å². The largest absolute Gasteiger partial charge is 0.416 e. The molecule has 1 amide bonds. The molecule has 0 aliphatic carbocycles. The van der Waals surface area contributed by atoms with Crippen molar-refractivity contribution in [3.63, 3.8) is 0 Å². The Bertz CT molecular complexity index is 573. The fourth-order valence-corrected chi connectivity index (χ4v) is 3.86. The molecule has 1 aromatic rings. The normalized spacial score (nSPS) is 27.8. The Morgan fingerprint density at radius 2 is 1.79 bits per heavy atom. The van der Waals surface area contributed by atoms with E-state index in [2.05, 4.69) is 10.6 Å². The molecule has 2 saturated heterocycles. The van der Waals surface area contributed by atoms with Crippen molar-refractivity contribution in [2.45, 2.75) is 69.2 Å². The van der Waals surface area contributed by atoms with Gasteiger partial charge in [-0.15, -0.1) is 0 Å². The van der Waals surface area contributed by atoms with Crippen molar-refractivity contribution in [1.82, 2.24) is 10.6 Å². The van der Waals surface area contributed by atoms with E-state index in [-0.39, 0.29) is 17.9 Å². The number of halogens is 3. The lowest BCUT2D eigenvalue weighted by atomic mass is 9.95. The highest BCUT2D eigenvalue weighted by Crippen LogP contribution is 2.31. The molecule has 0 aromatic heterocycles. The maximum absolute atomic E-state index is 12.6. The van der Waals surface area contributed by atoms with Crippen molar-refractivity contribution in [2.75, 3.05) is 0 Å². The van der Waals surface area contributed by atoms with Crippen LogP contribution in [-0.4, -0.2) is 24.0 Å². The molecule has 2 aliphatic heterocycles. The van der Waals surface area contributed by atoms with Gasteiger partial charge in [-0.3, -0.25) is 4.79 Å². The Morgan fingerprint density at radius 1 is 1.21 bits per heavy atom. The molecule has 3 atom stereocenters. The third-order valence-corrected chi connectivity index (χ3v) is 5.14.